The first-order chi connectivity index (χ1) is 7.75. The van der Waals surface area contributed by atoms with Gasteiger partial charge in [-0.2, -0.15) is 0 Å². The molecule has 16 heavy (non-hydrogen) atoms. The molecule has 1 heterocycles. The standard InChI is InChI=1S/C11H9FN2O2/c12-10-3-1-8(2-4-10)5-13-11(15)9-6-14-16-7-9/h1-4,6-7H,5H2,(H,13,15). The molecule has 1 amide bonds. The Hall–Kier alpha value is -2.17. The van der Waals surface area contributed by atoms with E-state index in [-0.39, 0.29) is 11.7 Å². The van der Waals surface area contributed by atoms with E-state index < -0.39 is 0 Å². The van der Waals surface area contributed by atoms with Crippen LogP contribution in [0.3, 0.4) is 0 Å². The summed E-state index contributed by atoms with van der Waals surface area (Å²) in [6, 6.07) is 5.92. The lowest BCUT2D eigenvalue weighted by Gasteiger charge is -2.02. The van der Waals surface area contributed by atoms with Crippen LogP contribution in [-0.2, 0) is 6.54 Å². The topological polar surface area (TPSA) is 55.1 Å². The number of rotatable bonds is 3. The first-order valence-electron chi connectivity index (χ1n) is 4.68. The lowest BCUT2D eigenvalue weighted by atomic mass is 10.2. The molecular formula is C11H9FN2O2. The molecule has 2 aromatic rings. The van der Waals surface area contributed by atoms with Gasteiger partial charge in [-0.05, 0) is 17.7 Å². The summed E-state index contributed by atoms with van der Waals surface area (Å²) in [5.41, 5.74) is 1.19. The zero-order valence-electron chi connectivity index (χ0n) is 8.31. The molecule has 0 unspecified atom stereocenters. The molecule has 0 radical (unpaired) electrons. The Bertz CT molecular complexity index is 465. The minimum absolute atomic E-state index is 0.273. The fourth-order valence-corrected chi connectivity index (χ4v) is 1.20. The first kappa shape index (κ1) is 10.4. The van der Waals surface area contributed by atoms with Crippen LogP contribution in [0, 0.1) is 5.82 Å². The van der Waals surface area contributed by atoms with E-state index in [0.717, 1.165) is 5.56 Å². The lowest BCUT2D eigenvalue weighted by molar-refractivity contribution is 0.0950. The summed E-state index contributed by atoms with van der Waals surface area (Å²) < 4.78 is 17.1. The highest BCUT2D eigenvalue weighted by atomic mass is 19.1. The molecular weight excluding hydrogens is 211 g/mol. The quantitative estimate of drug-likeness (QED) is 0.857. The van der Waals surface area contributed by atoms with Crippen molar-refractivity contribution in [2.75, 3.05) is 0 Å². The first-order valence-corrected chi connectivity index (χ1v) is 4.68. The molecule has 1 aromatic heterocycles. The van der Waals surface area contributed by atoms with Crippen LogP contribution in [0.5, 0.6) is 0 Å². The molecule has 4 nitrogen and oxygen atoms in total. The third kappa shape index (κ3) is 2.44. The molecule has 0 aliphatic carbocycles. The van der Waals surface area contributed by atoms with Crippen molar-refractivity contribution in [1.82, 2.24) is 10.5 Å². The molecule has 0 bridgehead atoms. The highest BCUT2D eigenvalue weighted by Crippen LogP contribution is 2.03. The minimum Gasteiger partial charge on any atom is -0.364 e. The fraction of sp³-hybridized carbons (Fsp3) is 0.0909. The van der Waals surface area contributed by atoms with E-state index in [1.165, 1.54) is 24.6 Å². The summed E-state index contributed by atoms with van der Waals surface area (Å²) in [5.74, 6) is -0.570. The number of halogens is 1. The Morgan fingerprint density at radius 1 is 1.38 bits per heavy atom. The van der Waals surface area contributed by atoms with E-state index in [0.29, 0.717) is 12.1 Å². The van der Waals surface area contributed by atoms with Gasteiger partial charge in [-0.3, -0.25) is 4.79 Å². The second-order valence-corrected chi connectivity index (χ2v) is 3.22. The van der Waals surface area contributed by atoms with Crippen LogP contribution >= 0.6 is 0 Å². The predicted octanol–water partition coefficient (Wildman–Crippen LogP) is 1.74. The van der Waals surface area contributed by atoms with Crippen molar-refractivity contribution in [1.29, 1.82) is 0 Å². The molecule has 0 saturated carbocycles. The van der Waals surface area contributed by atoms with Gasteiger partial charge in [0.1, 0.15) is 12.1 Å². The van der Waals surface area contributed by atoms with Gasteiger partial charge in [0, 0.05) is 6.54 Å². The van der Waals surface area contributed by atoms with E-state index in [1.807, 2.05) is 0 Å². The molecule has 0 atom stereocenters. The Morgan fingerprint density at radius 2 is 2.12 bits per heavy atom. The van der Waals surface area contributed by atoms with Crippen molar-refractivity contribution in [2.24, 2.45) is 0 Å². The minimum atomic E-state index is -0.297. The molecule has 1 aromatic carbocycles. The van der Waals surface area contributed by atoms with Gasteiger partial charge < -0.3 is 9.84 Å². The maximum atomic E-state index is 12.6. The number of hydrogen-bond acceptors (Lipinski definition) is 3. The van der Waals surface area contributed by atoms with Gasteiger partial charge in [-0.15, -0.1) is 0 Å². The van der Waals surface area contributed by atoms with Crippen molar-refractivity contribution in [3.8, 4) is 0 Å². The summed E-state index contributed by atoms with van der Waals surface area (Å²) in [5, 5.41) is 6.08. The van der Waals surface area contributed by atoms with Gasteiger partial charge >= 0.3 is 0 Å². The molecule has 0 aliphatic rings. The zero-order chi connectivity index (χ0) is 11.4. The fourth-order valence-electron chi connectivity index (χ4n) is 1.20. The third-order valence-corrected chi connectivity index (χ3v) is 2.06. The van der Waals surface area contributed by atoms with Crippen LogP contribution in [-0.4, -0.2) is 11.1 Å². The monoisotopic (exact) mass is 220 g/mol. The Labute approximate surface area is 91.1 Å². The number of nitrogens with zero attached hydrogens (tertiary/aromatic N) is 1. The molecule has 0 spiro atoms. The predicted molar refractivity (Wildman–Crippen MR) is 54.1 cm³/mol. The summed E-state index contributed by atoms with van der Waals surface area (Å²) in [7, 11) is 0. The van der Waals surface area contributed by atoms with E-state index in [4.69, 9.17) is 0 Å². The van der Waals surface area contributed by atoms with Gasteiger partial charge in [0.2, 0.25) is 0 Å². The van der Waals surface area contributed by atoms with Gasteiger partial charge in [-0.25, -0.2) is 4.39 Å². The van der Waals surface area contributed by atoms with Crippen molar-refractivity contribution in [3.63, 3.8) is 0 Å². The van der Waals surface area contributed by atoms with Crippen LogP contribution in [0.25, 0.3) is 0 Å². The van der Waals surface area contributed by atoms with Crippen molar-refractivity contribution in [3.05, 3.63) is 53.7 Å². The number of nitrogens with one attached hydrogen (secondary N) is 1. The van der Waals surface area contributed by atoms with Crippen LogP contribution in [0.15, 0.2) is 41.2 Å². The van der Waals surface area contributed by atoms with Crippen LogP contribution < -0.4 is 5.32 Å². The van der Waals surface area contributed by atoms with E-state index in [9.17, 15) is 9.18 Å². The number of hydrogen-bond donors (Lipinski definition) is 1. The van der Waals surface area contributed by atoms with Crippen LogP contribution in [0.1, 0.15) is 15.9 Å². The Morgan fingerprint density at radius 3 is 2.75 bits per heavy atom. The average molecular weight is 220 g/mol. The molecule has 1 N–H and O–H groups in total. The SMILES string of the molecule is O=C(NCc1ccc(F)cc1)c1cnoc1. The largest absolute Gasteiger partial charge is 0.364 e. The Kier molecular flexibility index (Phi) is 2.95. The third-order valence-electron chi connectivity index (χ3n) is 2.06. The van der Waals surface area contributed by atoms with E-state index in [2.05, 4.69) is 15.0 Å². The molecule has 0 saturated heterocycles. The second kappa shape index (κ2) is 4.57. The maximum Gasteiger partial charge on any atom is 0.256 e. The van der Waals surface area contributed by atoms with Gasteiger partial charge in [0.15, 0.2) is 0 Å². The average Bonchev–Trinajstić information content (AvgIpc) is 2.81. The van der Waals surface area contributed by atoms with Crippen molar-refractivity contribution in [2.45, 2.75) is 6.54 Å². The summed E-state index contributed by atoms with van der Waals surface area (Å²) in [6.45, 7) is 0.338. The van der Waals surface area contributed by atoms with Gasteiger partial charge in [0.25, 0.3) is 5.91 Å². The molecule has 5 heteroatoms. The van der Waals surface area contributed by atoms with Gasteiger partial charge in [0.05, 0.1) is 11.8 Å². The van der Waals surface area contributed by atoms with Gasteiger partial charge in [-0.1, -0.05) is 17.3 Å². The molecule has 0 aliphatic heterocycles. The maximum absolute atomic E-state index is 12.6. The highest BCUT2D eigenvalue weighted by Gasteiger charge is 2.06. The van der Waals surface area contributed by atoms with Crippen LogP contribution in [0.4, 0.5) is 4.39 Å². The smallest absolute Gasteiger partial charge is 0.256 e. The zero-order valence-corrected chi connectivity index (χ0v) is 8.31. The van der Waals surface area contributed by atoms with E-state index in [1.54, 1.807) is 12.1 Å². The molecule has 82 valence electrons. The number of aromatic nitrogens is 1. The lowest BCUT2D eigenvalue weighted by Crippen LogP contribution is -2.22. The highest BCUT2D eigenvalue weighted by molar-refractivity contribution is 5.93. The number of amides is 1. The number of benzene rings is 1. The Balaban J connectivity index is 1.93. The number of carbonyl (C=O) groups is 1. The van der Waals surface area contributed by atoms with Crippen molar-refractivity contribution >= 4 is 5.91 Å². The molecule has 0 fully saturated rings. The summed E-state index contributed by atoms with van der Waals surface area (Å²) >= 11 is 0. The van der Waals surface area contributed by atoms with Crippen LogP contribution in [0.2, 0.25) is 0 Å². The van der Waals surface area contributed by atoms with E-state index >= 15 is 0 Å². The summed E-state index contributed by atoms with van der Waals surface area (Å²) in [4.78, 5) is 11.5. The number of carbonyl (C=O) groups excluding carboxylic acids is 1. The molecule has 2 rings (SSSR count). The normalized spacial score (nSPS) is 10.1. The second-order valence-electron chi connectivity index (χ2n) is 3.22. The summed E-state index contributed by atoms with van der Waals surface area (Å²) in [6.07, 6.45) is 2.60. The van der Waals surface area contributed by atoms with Crippen molar-refractivity contribution < 1.29 is 13.7 Å².